The van der Waals surface area contributed by atoms with E-state index in [4.69, 9.17) is 0 Å². The fourth-order valence-electron chi connectivity index (χ4n) is 1.38. The first-order valence-corrected chi connectivity index (χ1v) is 10.1. The topological polar surface area (TPSA) is 82.6 Å². The van der Waals surface area contributed by atoms with Crippen LogP contribution in [0.2, 0.25) is 0 Å². The molecule has 3 N–H and O–H groups in total. The molecule has 0 spiro atoms. The van der Waals surface area contributed by atoms with Gasteiger partial charge >= 0.3 is 0 Å². The van der Waals surface area contributed by atoms with Crippen molar-refractivity contribution in [3.05, 3.63) is 0 Å². The molecule has 8 heteroatoms. The zero-order valence-corrected chi connectivity index (χ0v) is 14.4. The second-order valence-corrected chi connectivity index (χ2v) is 7.27. The van der Waals surface area contributed by atoms with E-state index in [2.05, 4.69) is 26.6 Å². The highest BCUT2D eigenvalue weighted by molar-refractivity contribution is 7.98. The van der Waals surface area contributed by atoms with Crippen LogP contribution in [0.5, 0.6) is 0 Å². The molecule has 0 radical (unpaired) electrons. The second-order valence-electron chi connectivity index (χ2n) is 4.19. The molecule has 20 heavy (non-hydrogen) atoms. The third-order valence-electron chi connectivity index (χ3n) is 2.49. The van der Waals surface area contributed by atoms with Crippen molar-refractivity contribution in [2.75, 3.05) is 43.9 Å². The van der Waals surface area contributed by atoms with Crippen LogP contribution in [0.15, 0.2) is 4.99 Å². The van der Waals surface area contributed by atoms with Gasteiger partial charge in [0.2, 0.25) is 10.0 Å². The maximum atomic E-state index is 11.3. The molecule has 0 amide bonds. The Balaban J connectivity index is 3.92. The number of nitrogens with zero attached hydrogens (tertiary/aromatic N) is 1. The van der Waals surface area contributed by atoms with Crippen LogP contribution in [0.25, 0.3) is 0 Å². The van der Waals surface area contributed by atoms with E-state index in [9.17, 15) is 8.42 Å². The van der Waals surface area contributed by atoms with E-state index in [1.165, 1.54) is 6.42 Å². The summed E-state index contributed by atoms with van der Waals surface area (Å²) in [5.74, 6) is 2.02. The molecule has 0 aromatic carbocycles. The molecule has 0 rings (SSSR count). The summed E-state index contributed by atoms with van der Waals surface area (Å²) in [5, 5.41) is 6.26. The van der Waals surface area contributed by atoms with Crippen LogP contribution in [-0.2, 0) is 10.0 Å². The number of hydrogen-bond acceptors (Lipinski definition) is 4. The standard InChI is InChI=1S/C12H28N4O2S2/c1-4-13-12(14-8-6-7-11-19-3)15-9-10-16-20(17,18)5-2/h16H,4-11H2,1-3H3,(H2,13,14,15). The lowest BCUT2D eigenvalue weighted by molar-refractivity contribution is 0.582. The average Bonchev–Trinajstić information content (AvgIpc) is 2.43. The van der Waals surface area contributed by atoms with Crippen LogP contribution in [0.4, 0.5) is 0 Å². The van der Waals surface area contributed by atoms with E-state index in [1.54, 1.807) is 6.92 Å². The number of thioether (sulfide) groups is 1. The lowest BCUT2D eigenvalue weighted by atomic mass is 10.3. The van der Waals surface area contributed by atoms with Gasteiger partial charge in [0.25, 0.3) is 0 Å². The van der Waals surface area contributed by atoms with Crippen molar-refractivity contribution in [3.63, 3.8) is 0 Å². The molecule has 0 aliphatic carbocycles. The van der Waals surface area contributed by atoms with Gasteiger partial charge in [-0.1, -0.05) is 0 Å². The highest BCUT2D eigenvalue weighted by Crippen LogP contribution is 1.98. The Morgan fingerprint density at radius 3 is 2.50 bits per heavy atom. The van der Waals surface area contributed by atoms with Gasteiger partial charge in [-0.25, -0.2) is 13.1 Å². The van der Waals surface area contributed by atoms with E-state index in [-0.39, 0.29) is 5.75 Å². The highest BCUT2D eigenvalue weighted by atomic mass is 32.2. The Labute approximate surface area is 127 Å². The van der Waals surface area contributed by atoms with Gasteiger partial charge in [-0.2, -0.15) is 11.8 Å². The Morgan fingerprint density at radius 1 is 1.15 bits per heavy atom. The molecule has 0 heterocycles. The first-order valence-electron chi connectivity index (χ1n) is 7.04. The van der Waals surface area contributed by atoms with Crippen molar-refractivity contribution in [3.8, 4) is 0 Å². The first-order chi connectivity index (χ1) is 9.55. The van der Waals surface area contributed by atoms with Gasteiger partial charge in [0.15, 0.2) is 5.96 Å². The molecule has 0 saturated heterocycles. The van der Waals surface area contributed by atoms with Crippen LogP contribution in [0, 0.1) is 0 Å². The number of aliphatic imine (C=N–C) groups is 1. The molecule has 0 fully saturated rings. The number of hydrogen-bond donors (Lipinski definition) is 3. The Bertz CT molecular complexity index is 358. The summed E-state index contributed by atoms with van der Waals surface area (Å²) in [7, 11) is -3.11. The predicted octanol–water partition coefficient (Wildman–Crippen LogP) is 0.624. The quantitative estimate of drug-likeness (QED) is 0.295. The van der Waals surface area contributed by atoms with Crippen LogP contribution in [0.1, 0.15) is 26.7 Å². The molecule has 0 atom stereocenters. The van der Waals surface area contributed by atoms with Crippen molar-refractivity contribution in [1.82, 2.24) is 15.4 Å². The predicted molar refractivity (Wildman–Crippen MR) is 89.1 cm³/mol. The van der Waals surface area contributed by atoms with E-state index in [0.717, 1.165) is 31.2 Å². The Kier molecular flexibility index (Phi) is 12.0. The summed E-state index contributed by atoms with van der Waals surface area (Å²) in [6.07, 6.45) is 4.34. The van der Waals surface area contributed by atoms with Crippen molar-refractivity contribution in [2.24, 2.45) is 4.99 Å². The molecule has 0 aliphatic rings. The minimum absolute atomic E-state index is 0.108. The van der Waals surface area contributed by atoms with Crippen LogP contribution >= 0.6 is 11.8 Å². The molecule has 0 unspecified atom stereocenters. The summed E-state index contributed by atoms with van der Waals surface area (Å²) >= 11 is 1.85. The van der Waals surface area contributed by atoms with Gasteiger partial charge < -0.3 is 10.6 Å². The zero-order chi connectivity index (χ0) is 15.3. The molecule has 0 bridgehead atoms. The summed E-state index contributed by atoms with van der Waals surface area (Å²) in [6, 6.07) is 0. The van der Waals surface area contributed by atoms with E-state index in [1.807, 2.05) is 18.7 Å². The summed E-state index contributed by atoms with van der Waals surface area (Å²) in [6.45, 7) is 6.09. The molecular weight excluding hydrogens is 296 g/mol. The normalized spacial score (nSPS) is 12.4. The lowest BCUT2D eigenvalue weighted by Crippen LogP contribution is -2.41. The van der Waals surface area contributed by atoms with Gasteiger partial charge in [-0.3, -0.25) is 4.99 Å². The fraction of sp³-hybridized carbons (Fsp3) is 0.917. The molecule has 120 valence electrons. The third-order valence-corrected chi connectivity index (χ3v) is 4.59. The smallest absolute Gasteiger partial charge is 0.211 e. The van der Waals surface area contributed by atoms with Crippen LogP contribution in [-0.4, -0.2) is 58.3 Å². The van der Waals surface area contributed by atoms with Gasteiger partial charge in [0.1, 0.15) is 0 Å². The van der Waals surface area contributed by atoms with Gasteiger partial charge in [-0.15, -0.1) is 0 Å². The Hall–Kier alpha value is -0.470. The average molecular weight is 325 g/mol. The first kappa shape index (κ1) is 19.5. The summed E-state index contributed by atoms with van der Waals surface area (Å²) in [4.78, 5) is 4.45. The maximum Gasteiger partial charge on any atom is 0.211 e. The number of rotatable bonds is 11. The molecule has 0 aliphatic heterocycles. The SMILES string of the molecule is CCNC(=NCCCCSC)NCCNS(=O)(=O)CC. The largest absolute Gasteiger partial charge is 0.357 e. The minimum Gasteiger partial charge on any atom is -0.357 e. The van der Waals surface area contributed by atoms with Crippen molar-refractivity contribution >= 4 is 27.7 Å². The van der Waals surface area contributed by atoms with Crippen molar-refractivity contribution in [1.29, 1.82) is 0 Å². The van der Waals surface area contributed by atoms with E-state index >= 15 is 0 Å². The lowest BCUT2D eigenvalue weighted by Gasteiger charge is -2.11. The van der Waals surface area contributed by atoms with Gasteiger partial charge in [0.05, 0.1) is 5.75 Å². The van der Waals surface area contributed by atoms with Crippen molar-refractivity contribution < 1.29 is 8.42 Å². The van der Waals surface area contributed by atoms with E-state index < -0.39 is 10.0 Å². The van der Waals surface area contributed by atoms with Gasteiger partial charge in [0, 0.05) is 26.2 Å². The minimum atomic E-state index is -3.11. The number of sulfonamides is 1. The summed E-state index contributed by atoms with van der Waals surface area (Å²) in [5.41, 5.74) is 0. The number of guanidine groups is 1. The molecule has 0 aromatic heterocycles. The highest BCUT2D eigenvalue weighted by Gasteiger charge is 2.04. The molecule has 0 saturated carbocycles. The van der Waals surface area contributed by atoms with Crippen LogP contribution in [0.3, 0.4) is 0 Å². The summed E-state index contributed by atoms with van der Waals surface area (Å²) < 4.78 is 25.0. The van der Waals surface area contributed by atoms with Crippen molar-refractivity contribution in [2.45, 2.75) is 26.7 Å². The maximum absolute atomic E-state index is 11.3. The number of unbranched alkanes of at least 4 members (excludes halogenated alkanes) is 1. The molecule has 0 aromatic rings. The second kappa shape index (κ2) is 12.3. The number of nitrogens with one attached hydrogen (secondary N) is 3. The fourth-order valence-corrected chi connectivity index (χ4v) is 2.49. The van der Waals surface area contributed by atoms with Crippen LogP contribution < -0.4 is 15.4 Å². The zero-order valence-electron chi connectivity index (χ0n) is 12.7. The third kappa shape index (κ3) is 11.4. The van der Waals surface area contributed by atoms with E-state index in [0.29, 0.717) is 13.1 Å². The Morgan fingerprint density at radius 2 is 1.90 bits per heavy atom. The molecule has 6 nitrogen and oxygen atoms in total. The molecular formula is C12H28N4O2S2. The van der Waals surface area contributed by atoms with Gasteiger partial charge in [-0.05, 0) is 38.7 Å². The monoisotopic (exact) mass is 324 g/mol.